The number of rotatable bonds is 4. The topological polar surface area (TPSA) is 115 Å². The van der Waals surface area contributed by atoms with Gasteiger partial charge in [0.15, 0.2) is 6.61 Å². The van der Waals surface area contributed by atoms with Gasteiger partial charge in [-0.1, -0.05) is 17.3 Å². The first-order valence-electron chi connectivity index (χ1n) is 7.91. The number of hydrogen-bond donors (Lipinski definition) is 0. The number of ether oxygens (including phenoxy) is 1. The Morgan fingerprint density at radius 2 is 1.90 bits per heavy atom. The highest BCUT2D eigenvalue weighted by atomic mass is 32.2. The molecule has 29 heavy (non-hydrogen) atoms. The molecule has 0 unspecified atom stereocenters. The lowest BCUT2D eigenvalue weighted by atomic mass is 10.1. The number of carbonyl (C=O) groups excluding carboxylic acids is 1. The zero-order valence-corrected chi connectivity index (χ0v) is 15.8. The lowest BCUT2D eigenvalue weighted by Crippen LogP contribution is -2.29. The van der Waals surface area contributed by atoms with Crippen LogP contribution in [0.4, 0.5) is 13.2 Å². The van der Waals surface area contributed by atoms with E-state index in [0.717, 1.165) is 22.6 Å². The Balaban J connectivity index is 1.67. The van der Waals surface area contributed by atoms with Crippen molar-refractivity contribution >= 4 is 21.9 Å². The first-order chi connectivity index (χ1) is 13.5. The summed E-state index contributed by atoms with van der Waals surface area (Å²) in [5.41, 5.74) is -0.637. The summed E-state index contributed by atoms with van der Waals surface area (Å²) in [6, 6.07) is 4.14. The lowest BCUT2D eigenvalue weighted by Gasteiger charge is -2.18. The zero-order chi connectivity index (χ0) is 21.4. The predicted octanol–water partition coefficient (Wildman–Crippen LogP) is 2.33. The molecule has 0 bridgehead atoms. The smallest absolute Gasteiger partial charge is 0.416 e. The minimum Gasteiger partial charge on any atom is -0.452 e. The molecule has 1 aliphatic rings. The van der Waals surface area contributed by atoms with Gasteiger partial charge in [0.25, 0.3) is 5.89 Å². The lowest BCUT2D eigenvalue weighted by molar-refractivity contribution is -0.140. The van der Waals surface area contributed by atoms with Gasteiger partial charge in [0, 0.05) is 18.8 Å². The SMILES string of the molecule is CC1=NS(=O)(=O)N(C)C=C1C(=O)OCc1nc(-c2ccc(C(F)(F)F)cc2)no1. The fraction of sp³-hybridized carbons (Fsp3) is 0.250. The molecule has 0 radical (unpaired) electrons. The van der Waals surface area contributed by atoms with E-state index in [1.807, 2.05) is 0 Å². The van der Waals surface area contributed by atoms with Gasteiger partial charge in [-0.2, -0.15) is 26.6 Å². The number of benzene rings is 1. The number of hydrogen-bond acceptors (Lipinski definition) is 7. The van der Waals surface area contributed by atoms with Gasteiger partial charge < -0.3 is 9.26 Å². The van der Waals surface area contributed by atoms with Crippen LogP contribution in [0.25, 0.3) is 11.4 Å². The molecule has 3 rings (SSSR count). The van der Waals surface area contributed by atoms with Gasteiger partial charge in [0.05, 0.1) is 16.8 Å². The van der Waals surface area contributed by atoms with Crippen LogP contribution in [0.2, 0.25) is 0 Å². The molecule has 2 aromatic rings. The van der Waals surface area contributed by atoms with Gasteiger partial charge in [-0.15, -0.1) is 4.40 Å². The Bertz CT molecular complexity index is 1100. The van der Waals surface area contributed by atoms with Crippen molar-refractivity contribution in [1.82, 2.24) is 14.4 Å². The van der Waals surface area contributed by atoms with Crippen LogP contribution in [0, 0.1) is 0 Å². The molecule has 1 aromatic heterocycles. The molecule has 0 N–H and O–H groups in total. The minimum atomic E-state index is -4.46. The van der Waals surface area contributed by atoms with E-state index >= 15 is 0 Å². The summed E-state index contributed by atoms with van der Waals surface area (Å²) in [7, 11) is -2.64. The van der Waals surface area contributed by atoms with E-state index in [2.05, 4.69) is 14.5 Å². The van der Waals surface area contributed by atoms with Crippen LogP contribution in [0.5, 0.6) is 0 Å². The van der Waals surface area contributed by atoms with Gasteiger partial charge in [0.2, 0.25) is 5.82 Å². The number of halogens is 3. The molecule has 9 nitrogen and oxygen atoms in total. The van der Waals surface area contributed by atoms with Crippen molar-refractivity contribution < 1.29 is 35.6 Å². The van der Waals surface area contributed by atoms with Crippen molar-refractivity contribution in [3.8, 4) is 11.4 Å². The van der Waals surface area contributed by atoms with E-state index in [4.69, 9.17) is 9.26 Å². The molecule has 0 aliphatic carbocycles. The van der Waals surface area contributed by atoms with E-state index < -0.39 is 34.5 Å². The summed E-state index contributed by atoms with van der Waals surface area (Å²) in [4.78, 5) is 16.1. The van der Waals surface area contributed by atoms with Gasteiger partial charge in [-0.05, 0) is 19.1 Å². The van der Waals surface area contributed by atoms with Gasteiger partial charge in [-0.25, -0.2) is 4.79 Å². The van der Waals surface area contributed by atoms with E-state index in [1.54, 1.807) is 0 Å². The minimum absolute atomic E-state index is 0.0187. The standard InChI is InChI=1S/C16H13F3N4O5S/c1-9-12(7-23(2)29(25,26)22-9)15(24)27-8-13-20-14(21-28-13)10-3-5-11(6-4-10)16(17,18)19/h3-7H,8H2,1-2H3. The average Bonchev–Trinajstić information content (AvgIpc) is 3.11. The van der Waals surface area contributed by atoms with E-state index in [0.29, 0.717) is 0 Å². The first kappa shape index (κ1) is 20.5. The largest absolute Gasteiger partial charge is 0.452 e. The van der Waals surface area contributed by atoms with Crippen molar-refractivity contribution in [2.45, 2.75) is 19.7 Å². The highest BCUT2D eigenvalue weighted by Gasteiger charge is 2.30. The summed E-state index contributed by atoms with van der Waals surface area (Å²) < 4.78 is 75.1. The van der Waals surface area contributed by atoms with E-state index in [9.17, 15) is 26.4 Å². The van der Waals surface area contributed by atoms with Gasteiger partial charge in [0.1, 0.15) is 0 Å². The molecule has 154 valence electrons. The van der Waals surface area contributed by atoms with E-state index in [1.165, 1.54) is 26.1 Å². The summed E-state index contributed by atoms with van der Waals surface area (Å²) in [5.74, 6) is -0.937. The molecule has 0 fully saturated rings. The highest BCUT2D eigenvalue weighted by molar-refractivity contribution is 7.88. The maximum absolute atomic E-state index is 12.6. The molecule has 1 aliphatic heterocycles. The van der Waals surface area contributed by atoms with Crippen LogP contribution >= 0.6 is 0 Å². The van der Waals surface area contributed by atoms with Gasteiger partial charge >= 0.3 is 22.4 Å². The van der Waals surface area contributed by atoms with Crippen molar-refractivity contribution in [2.75, 3.05) is 7.05 Å². The number of aromatic nitrogens is 2. The third kappa shape index (κ3) is 4.45. The molecule has 0 amide bonds. The third-order valence-corrected chi connectivity index (χ3v) is 5.14. The van der Waals surface area contributed by atoms with Crippen molar-refractivity contribution in [1.29, 1.82) is 0 Å². The molecule has 0 saturated heterocycles. The molecule has 0 saturated carbocycles. The average molecular weight is 430 g/mol. The Morgan fingerprint density at radius 3 is 2.52 bits per heavy atom. The van der Waals surface area contributed by atoms with Gasteiger partial charge in [-0.3, -0.25) is 4.31 Å². The van der Waals surface area contributed by atoms with Crippen molar-refractivity contribution in [3.63, 3.8) is 0 Å². The summed E-state index contributed by atoms with van der Waals surface area (Å²) in [6.45, 7) is 0.917. The first-order valence-corrected chi connectivity index (χ1v) is 9.31. The van der Waals surface area contributed by atoms with Crippen LogP contribution in [-0.4, -0.2) is 41.6 Å². The molecule has 13 heteroatoms. The second kappa shape index (κ2) is 7.31. The van der Waals surface area contributed by atoms with Crippen LogP contribution in [0.1, 0.15) is 18.4 Å². The molecular formula is C16H13F3N4O5S. The monoisotopic (exact) mass is 430 g/mol. The highest BCUT2D eigenvalue weighted by Crippen LogP contribution is 2.30. The Kier molecular flexibility index (Phi) is 5.17. The third-order valence-electron chi connectivity index (χ3n) is 3.80. The molecule has 0 spiro atoms. The second-order valence-electron chi connectivity index (χ2n) is 5.88. The quantitative estimate of drug-likeness (QED) is 0.684. The molecule has 0 atom stereocenters. The summed E-state index contributed by atoms with van der Waals surface area (Å²) >= 11 is 0. The fourth-order valence-corrected chi connectivity index (χ4v) is 3.08. The summed E-state index contributed by atoms with van der Waals surface area (Å²) in [6.07, 6.45) is -3.39. The van der Waals surface area contributed by atoms with Crippen LogP contribution < -0.4 is 0 Å². The maximum atomic E-state index is 12.6. The fourth-order valence-electron chi connectivity index (χ4n) is 2.27. The molecular weight excluding hydrogens is 417 g/mol. The van der Waals surface area contributed by atoms with Crippen molar-refractivity contribution in [2.24, 2.45) is 4.40 Å². The van der Waals surface area contributed by atoms with Crippen LogP contribution in [-0.2, 0) is 32.5 Å². The zero-order valence-electron chi connectivity index (χ0n) is 15.0. The Hall–Kier alpha value is -3.22. The second-order valence-corrected chi connectivity index (χ2v) is 7.53. The normalized spacial score (nSPS) is 16.2. The Labute approximate surface area is 162 Å². The number of alkyl halides is 3. The molecule has 1 aromatic carbocycles. The van der Waals surface area contributed by atoms with Crippen molar-refractivity contribution in [3.05, 3.63) is 47.5 Å². The molecule has 2 heterocycles. The Morgan fingerprint density at radius 1 is 1.24 bits per heavy atom. The number of nitrogens with zero attached hydrogens (tertiary/aromatic N) is 4. The number of carbonyl (C=O) groups is 1. The van der Waals surface area contributed by atoms with Crippen LogP contribution in [0.3, 0.4) is 0 Å². The predicted molar refractivity (Wildman–Crippen MR) is 92.4 cm³/mol. The van der Waals surface area contributed by atoms with E-state index in [-0.39, 0.29) is 28.6 Å². The van der Waals surface area contributed by atoms with Crippen LogP contribution in [0.15, 0.2) is 45.0 Å². The maximum Gasteiger partial charge on any atom is 0.416 e. The number of esters is 1. The summed E-state index contributed by atoms with van der Waals surface area (Å²) in [5, 5.41) is 3.63.